The molecule has 10 heavy (non-hydrogen) atoms. The third-order valence-corrected chi connectivity index (χ3v) is 1.18. The first-order valence-electron chi connectivity index (χ1n) is 2.85. The van der Waals surface area contributed by atoms with Gasteiger partial charge in [0.25, 0.3) is 0 Å². The Kier molecular flexibility index (Phi) is 1.99. The van der Waals surface area contributed by atoms with E-state index in [4.69, 9.17) is 0 Å². The van der Waals surface area contributed by atoms with Gasteiger partial charge in [0.2, 0.25) is 0 Å². The predicted molar refractivity (Wildman–Crippen MR) is 32.5 cm³/mol. The minimum Gasteiger partial charge on any atom is -0.278 e. The summed E-state index contributed by atoms with van der Waals surface area (Å²) >= 11 is 0. The summed E-state index contributed by atoms with van der Waals surface area (Å²) in [6, 6.07) is 0. The molecule has 1 radical (unpaired) electrons. The molecule has 0 bridgehead atoms. The standard InChI is InChI=1S/C6H7F2N2/c1-2-5-9-3-4-10(5)6(7)8/h3-4,6H,1-2H2. The molecule has 2 nitrogen and oxygen atoms in total. The van der Waals surface area contributed by atoms with Gasteiger partial charge in [0.1, 0.15) is 5.82 Å². The highest BCUT2D eigenvalue weighted by Crippen LogP contribution is 2.11. The van der Waals surface area contributed by atoms with Crippen LogP contribution < -0.4 is 0 Å². The van der Waals surface area contributed by atoms with Gasteiger partial charge in [0.05, 0.1) is 0 Å². The Morgan fingerprint density at radius 1 is 1.70 bits per heavy atom. The maximum atomic E-state index is 11.9. The van der Waals surface area contributed by atoms with Crippen molar-refractivity contribution in [3.8, 4) is 0 Å². The molecule has 1 aromatic heterocycles. The molecule has 0 atom stereocenters. The van der Waals surface area contributed by atoms with Crippen molar-refractivity contribution in [3.05, 3.63) is 25.1 Å². The van der Waals surface area contributed by atoms with Crippen molar-refractivity contribution in [2.45, 2.75) is 13.0 Å². The summed E-state index contributed by atoms with van der Waals surface area (Å²) in [5.74, 6) is 0.315. The molecule has 0 unspecified atom stereocenters. The second-order valence-corrected chi connectivity index (χ2v) is 1.78. The van der Waals surface area contributed by atoms with Gasteiger partial charge in [-0.15, -0.1) is 0 Å². The third kappa shape index (κ3) is 1.15. The van der Waals surface area contributed by atoms with Crippen LogP contribution in [0.25, 0.3) is 0 Å². The lowest BCUT2D eigenvalue weighted by atomic mass is 10.5. The summed E-state index contributed by atoms with van der Waals surface area (Å²) in [5.41, 5.74) is 0. The molecule has 0 aromatic carbocycles. The summed E-state index contributed by atoms with van der Waals surface area (Å²) in [7, 11) is 0. The SMILES string of the molecule is [CH2]Cc1nccn1C(F)F. The Bertz CT molecular complexity index is 207. The molecule has 0 fully saturated rings. The van der Waals surface area contributed by atoms with E-state index in [0.29, 0.717) is 5.82 Å². The molecule has 0 saturated heterocycles. The van der Waals surface area contributed by atoms with Crippen LogP contribution in [-0.4, -0.2) is 9.55 Å². The fraction of sp³-hybridized carbons (Fsp3) is 0.333. The Morgan fingerprint density at radius 2 is 2.40 bits per heavy atom. The molecule has 0 amide bonds. The highest BCUT2D eigenvalue weighted by molar-refractivity contribution is 4.93. The molecule has 0 spiro atoms. The Labute approximate surface area is 57.5 Å². The molecule has 1 heterocycles. The normalized spacial score (nSPS) is 10.8. The zero-order chi connectivity index (χ0) is 7.56. The number of imidazole rings is 1. The monoisotopic (exact) mass is 145 g/mol. The number of halogens is 2. The van der Waals surface area contributed by atoms with Crippen molar-refractivity contribution >= 4 is 0 Å². The lowest BCUT2D eigenvalue weighted by molar-refractivity contribution is 0.0674. The summed E-state index contributed by atoms with van der Waals surface area (Å²) in [6.07, 6.45) is 2.87. The van der Waals surface area contributed by atoms with Gasteiger partial charge in [-0.25, -0.2) is 4.98 Å². The van der Waals surface area contributed by atoms with E-state index in [0.717, 1.165) is 4.57 Å². The van der Waals surface area contributed by atoms with Crippen LogP contribution in [0.5, 0.6) is 0 Å². The lowest BCUT2D eigenvalue weighted by Gasteiger charge is -2.02. The first kappa shape index (κ1) is 7.18. The van der Waals surface area contributed by atoms with Gasteiger partial charge in [-0.1, -0.05) is 0 Å². The van der Waals surface area contributed by atoms with Crippen molar-refractivity contribution < 1.29 is 8.78 Å². The average Bonchev–Trinajstić information content (AvgIpc) is 2.33. The highest BCUT2D eigenvalue weighted by Gasteiger charge is 2.08. The van der Waals surface area contributed by atoms with E-state index in [1.165, 1.54) is 12.4 Å². The zero-order valence-electron chi connectivity index (χ0n) is 5.30. The second kappa shape index (κ2) is 2.77. The van der Waals surface area contributed by atoms with Gasteiger partial charge in [-0.3, -0.25) is 4.57 Å². The van der Waals surface area contributed by atoms with E-state index in [-0.39, 0.29) is 6.42 Å². The van der Waals surface area contributed by atoms with Gasteiger partial charge >= 0.3 is 6.55 Å². The fourth-order valence-electron chi connectivity index (χ4n) is 0.715. The molecule has 0 aliphatic rings. The van der Waals surface area contributed by atoms with Gasteiger partial charge in [-0.05, 0) is 6.92 Å². The van der Waals surface area contributed by atoms with Crippen molar-refractivity contribution in [2.75, 3.05) is 0 Å². The van der Waals surface area contributed by atoms with E-state index in [9.17, 15) is 8.78 Å². The second-order valence-electron chi connectivity index (χ2n) is 1.78. The molecule has 1 aromatic rings. The average molecular weight is 145 g/mol. The van der Waals surface area contributed by atoms with Gasteiger partial charge in [0.15, 0.2) is 0 Å². The minimum absolute atomic E-state index is 0.289. The number of hydrogen-bond acceptors (Lipinski definition) is 1. The lowest BCUT2D eigenvalue weighted by Crippen LogP contribution is -2.01. The van der Waals surface area contributed by atoms with Crippen LogP contribution in [0.4, 0.5) is 8.78 Å². The topological polar surface area (TPSA) is 17.8 Å². The molecule has 1 rings (SSSR count). The Balaban J connectivity index is 2.90. The number of rotatable bonds is 2. The molecule has 55 valence electrons. The Hall–Kier alpha value is -0.930. The van der Waals surface area contributed by atoms with Gasteiger partial charge in [-0.2, -0.15) is 8.78 Å². The number of alkyl halides is 2. The van der Waals surface area contributed by atoms with Crippen molar-refractivity contribution in [1.29, 1.82) is 0 Å². The highest BCUT2D eigenvalue weighted by atomic mass is 19.3. The maximum absolute atomic E-state index is 11.9. The maximum Gasteiger partial charge on any atom is 0.319 e. The smallest absolute Gasteiger partial charge is 0.278 e. The summed E-state index contributed by atoms with van der Waals surface area (Å²) in [4.78, 5) is 3.68. The van der Waals surface area contributed by atoms with Crippen molar-refractivity contribution in [3.63, 3.8) is 0 Å². The minimum atomic E-state index is -2.50. The van der Waals surface area contributed by atoms with Crippen LogP contribution in [0.1, 0.15) is 12.4 Å². The Morgan fingerprint density at radius 3 is 2.80 bits per heavy atom. The predicted octanol–water partition coefficient (Wildman–Crippen LogP) is 1.65. The first-order valence-corrected chi connectivity index (χ1v) is 2.85. The van der Waals surface area contributed by atoms with E-state index >= 15 is 0 Å². The van der Waals surface area contributed by atoms with Crippen LogP contribution in [0.3, 0.4) is 0 Å². The number of aromatic nitrogens is 2. The molecule has 0 aliphatic heterocycles. The number of hydrogen-bond donors (Lipinski definition) is 0. The fourth-order valence-corrected chi connectivity index (χ4v) is 0.715. The quantitative estimate of drug-likeness (QED) is 0.618. The third-order valence-electron chi connectivity index (χ3n) is 1.18. The van der Waals surface area contributed by atoms with Crippen LogP contribution in [0, 0.1) is 6.92 Å². The van der Waals surface area contributed by atoms with E-state index in [2.05, 4.69) is 11.9 Å². The van der Waals surface area contributed by atoms with Crippen LogP contribution in [0.15, 0.2) is 12.4 Å². The van der Waals surface area contributed by atoms with Crippen LogP contribution in [0.2, 0.25) is 0 Å². The van der Waals surface area contributed by atoms with Crippen LogP contribution >= 0.6 is 0 Å². The zero-order valence-corrected chi connectivity index (χ0v) is 5.30. The molecule has 4 heteroatoms. The molecular weight excluding hydrogens is 138 g/mol. The molecular formula is C6H7F2N2. The first-order chi connectivity index (χ1) is 4.75. The van der Waals surface area contributed by atoms with Gasteiger partial charge in [0, 0.05) is 18.8 Å². The van der Waals surface area contributed by atoms with Gasteiger partial charge < -0.3 is 0 Å². The van der Waals surface area contributed by atoms with E-state index in [1.807, 2.05) is 0 Å². The summed E-state index contributed by atoms with van der Waals surface area (Å²) in [6.45, 7) is 0.954. The van der Waals surface area contributed by atoms with Crippen molar-refractivity contribution in [2.24, 2.45) is 0 Å². The van der Waals surface area contributed by atoms with E-state index < -0.39 is 6.55 Å². The molecule has 0 N–H and O–H groups in total. The number of nitrogens with zero attached hydrogens (tertiary/aromatic N) is 2. The van der Waals surface area contributed by atoms with Crippen molar-refractivity contribution in [1.82, 2.24) is 9.55 Å². The molecule has 0 aliphatic carbocycles. The molecule has 0 saturated carbocycles. The van der Waals surface area contributed by atoms with Crippen LogP contribution in [-0.2, 0) is 6.42 Å². The largest absolute Gasteiger partial charge is 0.319 e. The van der Waals surface area contributed by atoms with E-state index in [1.54, 1.807) is 0 Å². The summed E-state index contributed by atoms with van der Waals surface area (Å²) in [5, 5.41) is 0. The summed E-state index contributed by atoms with van der Waals surface area (Å²) < 4.78 is 24.7.